The number of nitrogens with zero attached hydrogens (tertiary/aromatic N) is 2. The van der Waals surface area contributed by atoms with E-state index in [1.165, 1.54) is 17.4 Å². The van der Waals surface area contributed by atoms with Gasteiger partial charge in [0.1, 0.15) is 16.1 Å². The minimum absolute atomic E-state index is 0.0979. The molecule has 0 fully saturated rings. The highest BCUT2D eigenvalue weighted by molar-refractivity contribution is 7.21. The Balaban J connectivity index is 1.86. The molecule has 3 rings (SSSR count). The summed E-state index contributed by atoms with van der Waals surface area (Å²) >= 11 is 1.46. The summed E-state index contributed by atoms with van der Waals surface area (Å²) in [5.41, 5.74) is 7.03. The Kier molecular flexibility index (Phi) is 3.64. The first-order valence-corrected chi connectivity index (χ1v) is 7.47. The van der Waals surface area contributed by atoms with Gasteiger partial charge in [0.15, 0.2) is 5.13 Å². The molecule has 1 aromatic carbocycles. The molecule has 2 heterocycles. The van der Waals surface area contributed by atoms with E-state index in [0.29, 0.717) is 0 Å². The van der Waals surface area contributed by atoms with E-state index in [9.17, 15) is 9.90 Å². The van der Waals surface area contributed by atoms with E-state index >= 15 is 0 Å². The van der Waals surface area contributed by atoms with Crippen LogP contribution in [0.3, 0.4) is 0 Å². The number of phenols is 1. The lowest BCUT2D eigenvalue weighted by Crippen LogP contribution is -2.13. The Morgan fingerprint density at radius 1 is 1.41 bits per heavy atom. The van der Waals surface area contributed by atoms with Crippen LogP contribution < -0.4 is 11.1 Å². The third-order valence-corrected chi connectivity index (χ3v) is 4.20. The number of hydrogen-bond donors (Lipinski definition) is 3. The van der Waals surface area contributed by atoms with Gasteiger partial charge >= 0.3 is 0 Å². The van der Waals surface area contributed by atoms with Crippen molar-refractivity contribution < 1.29 is 9.90 Å². The number of fused-ring (bicyclic) bond motifs is 1. The second-order valence-electron chi connectivity index (χ2n) is 4.85. The van der Waals surface area contributed by atoms with E-state index in [4.69, 9.17) is 5.73 Å². The van der Waals surface area contributed by atoms with E-state index in [1.807, 2.05) is 19.1 Å². The monoisotopic (exact) mass is 314 g/mol. The Hall–Kier alpha value is -2.67. The fraction of sp³-hybridized carbons (Fsp3) is 0.133. The van der Waals surface area contributed by atoms with Crippen molar-refractivity contribution in [2.45, 2.75) is 13.0 Å². The molecule has 0 spiro atoms. The molecule has 0 aliphatic carbocycles. The van der Waals surface area contributed by atoms with Crippen LogP contribution in [0.4, 0.5) is 5.13 Å². The summed E-state index contributed by atoms with van der Waals surface area (Å²) in [6.07, 6.45) is 1.73. The number of hydrogen-bond acceptors (Lipinski definition) is 6. The van der Waals surface area contributed by atoms with E-state index in [0.717, 1.165) is 21.0 Å². The number of carbonyl (C=O) groups excluding carboxylic acids is 1. The largest absolute Gasteiger partial charge is 0.507 e. The molecule has 0 aliphatic rings. The van der Waals surface area contributed by atoms with E-state index < -0.39 is 5.91 Å². The van der Waals surface area contributed by atoms with E-state index in [2.05, 4.69) is 15.3 Å². The lowest BCUT2D eigenvalue weighted by Gasteiger charge is -2.14. The van der Waals surface area contributed by atoms with Gasteiger partial charge in [-0.25, -0.2) is 9.97 Å². The first kappa shape index (κ1) is 14.3. The molecule has 1 unspecified atom stereocenters. The average molecular weight is 314 g/mol. The number of rotatable bonds is 4. The lowest BCUT2D eigenvalue weighted by atomic mass is 10.0. The summed E-state index contributed by atoms with van der Waals surface area (Å²) in [5, 5.41) is 13.6. The van der Waals surface area contributed by atoms with E-state index in [-0.39, 0.29) is 17.4 Å². The molecular weight excluding hydrogens is 300 g/mol. The van der Waals surface area contributed by atoms with Crippen LogP contribution in [0.1, 0.15) is 28.9 Å². The SMILES string of the molecule is CC(Nc1nc2cccnc2s1)c1ccc(O)c(C(N)=O)c1. The van der Waals surface area contributed by atoms with Gasteiger partial charge in [-0.05, 0) is 36.8 Å². The molecule has 0 saturated carbocycles. The maximum atomic E-state index is 11.3. The molecule has 22 heavy (non-hydrogen) atoms. The predicted octanol–water partition coefficient (Wildman–Crippen LogP) is 2.67. The van der Waals surface area contributed by atoms with Gasteiger partial charge in [0, 0.05) is 6.20 Å². The topological polar surface area (TPSA) is 101 Å². The molecule has 0 radical (unpaired) electrons. The molecule has 4 N–H and O–H groups in total. The average Bonchev–Trinajstić information content (AvgIpc) is 2.89. The molecule has 0 saturated heterocycles. The fourth-order valence-corrected chi connectivity index (χ4v) is 3.02. The second-order valence-corrected chi connectivity index (χ2v) is 5.83. The minimum Gasteiger partial charge on any atom is -0.507 e. The Morgan fingerprint density at radius 3 is 2.95 bits per heavy atom. The van der Waals surface area contributed by atoms with Crippen LogP contribution in [0.2, 0.25) is 0 Å². The molecule has 0 aliphatic heterocycles. The van der Waals surface area contributed by atoms with Crippen molar-refractivity contribution in [3.05, 3.63) is 47.7 Å². The lowest BCUT2D eigenvalue weighted by molar-refractivity contribution is 0.0997. The highest BCUT2D eigenvalue weighted by Crippen LogP contribution is 2.28. The van der Waals surface area contributed by atoms with Crippen molar-refractivity contribution in [3.8, 4) is 5.75 Å². The molecule has 1 amide bonds. The number of nitrogens with two attached hydrogens (primary N) is 1. The van der Waals surface area contributed by atoms with Crippen molar-refractivity contribution in [3.63, 3.8) is 0 Å². The number of aromatic hydroxyl groups is 1. The van der Waals surface area contributed by atoms with Crippen molar-refractivity contribution in [1.82, 2.24) is 9.97 Å². The molecular formula is C15H14N4O2S. The van der Waals surface area contributed by atoms with Crippen LogP contribution in [0.5, 0.6) is 5.75 Å². The van der Waals surface area contributed by atoms with Gasteiger partial charge in [-0.15, -0.1) is 0 Å². The Bertz CT molecular complexity index is 813. The first-order valence-electron chi connectivity index (χ1n) is 6.65. The number of aromatic nitrogens is 2. The number of pyridine rings is 1. The second kappa shape index (κ2) is 5.61. The summed E-state index contributed by atoms with van der Waals surface area (Å²) < 4.78 is 0. The summed E-state index contributed by atoms with van der Waals surface area (Å²) in [7, 11) is 0. The smallest absolute Gasteiger partial charge is 0.252 e. The van der Waals surface area contributed by atoms with Crippen LogP contribution in [-0.4, -0.2) is 21.0 Å². The number of primary amides is 1. The van der Waals surface area contributed by atoms with Gasteiger partial charge in [0.05, 0.1) is 11.6 Å². The van der Waals surface area contributed by atoms with Crippen LogP contribution in [0.25, 0.3) is 10.3 Å². The molecule has 112 valence electrons. The third kappa shape index (κ3) is 2.71. The van der Waals surface area contributed by atoms with Crippen LogP contribution in [-0.2, 0) is 0 Å². The van der Waals surface area contributed by atoms with Gasteiger partial charge < -0.3 is 16.2 Å². The normalized spacial score (nSPS) is 12.2. The van der Waals surface area contributed by atoms with E-state index in [1.54, 1.807) is 18.3 Å². The fourth-order valence-electron chi connectivity index (χ4n) is 2.12. The van der Waals surface area contributed by atoms with Crippen molar-refractivity contribution >= 4 is 32.7 Å². The first-order chi connectivity index (χ1) is 10.5. The minimum atomic E-state index is -0.657. The quantitative estimate of drug-likeness (QED) is 0.687. The number of nitrogens with one attached hydrogen (secondary N) is 1. The zero-order chi connectivity index (χ0) is 15.7. The molecule has 0 bridgehead atoms. The van der Waals surface area contributed by atoms with Crippen molar-refractivity contribution in [2.75, 3.05) is 5.32 Å². The summed E-state index contributed by atoms with van der Waals surface area (Å²) in [6.45, 7) is 1.94. The molecule has 1 atom stereocenters. The van der Waals surface area contributed by atoms with Crippen LogP contribution >= 0.6 is 11.3 Å². The van der Waals surface area contributed by atoms with Crippen LogP contribution in [0, 0.1) is 0 Å². The predicted molar refractivity (Wildman–Crippen MR) is 86.1 cm³/mol. The molecule has 3 aromatic rings. The maximum Gasteiger partial charge on any atom is 0.252 e. The van der Waals surface area contributed by atoms with Gasteiger partial charge in [-0.1, -0.05) is 17.4 Å². The summed E-state index contributed by atoms with van der Waals surface area (Å²) in [4.78, 5) is 20.9. The molecule has 7 heteroatoms. The number of benzene rings is 1. The molecule has 2 aromatic heterocycles. The number of thiazole rings is 1. The Labute approximate surface area is 130 Å². The summed E-state index contributed by atoms with van der Waals surface area (Å²) in [6, 6.07) is 8.44. The standard InChI is InChI=1S/C15H14N4O2S/c1-8(9-4-5-12(20)10(7-9)13(16)21)18-15-19-11-3-2-6-17-14(11)22-15/h2-8,20H,1H3,(H2,16,21)(H,18,19). The maximum absolute atomic E-state index is 11.3. The van der Waals surface area contributed by atoms with Crippen molar-refractivity contribution in [2.24, 2.45) is 5.73 Å². The Morgan fingerprint density at radius 2 is 2.23 bits per heavy atom. The summed E-state index contributed by atoms with van der Waals surface area (Å²) in [5.74, 6) is -0.775. The number of carbonyl (C=O) groups is 1. The third-order valence-electron chi connectivity index (χ3n) is 3.29. The zero-order valence-electron chi connectivity index (χ0n) is 11.8. The van der Waals surface area contributed by atoms with Gasteiger partial charge in [-0.2, -0.15) is 0 Å². The molecule has 6 nitrogen and oxygen atoms in total. The van der Waals surface area contributed by atoms with Gasteiger partial charge in [0.25, 0.3) is 5.91 Å². The highest BCUT2D eigenvalue weighted by Gasteiger charge is 2.13. The van der Waals surface area contributed by atoms with Gasteiger partial charge in [-0.3, -0.25) is 4.79 Å². The zero-order valence-corrected chi connectivity index (χ0v) is 12.6. The number of amides is 1. The highest BCUT2D eigenvalue weighted by atomic mass is 32.1. The van der Waals surface area contributed by atoms with Crippen molar-refractivity contribution in [1.29, 1.82) is 0 Å². The number of anilines is 1. The van der Waals surface area contributed by atoms with Gasteiger partial charge in [0.2, 0.25) is 0 Å². The van der Waals surface area contributed by atoms with Crippen LogP contribution in [0.15, 0.2) is 36.5 Å².